The quantitative estimate of drug-likeness (QED) is 0.290. The first-order chi connectivity index (χ1) is 23.0. The predicted octanol–water partition coefficient (Wildman–Crippen LogP) is 5.53. The molecule has 2 aromatic rings. The Labute approximate surface area is 291 Å². The number of carbonyl (C=O) groups excluding carboxylic acids is 3. The number of hydrogen-bond acceptors (Lipinski definition) is 6. The zero-order chi connectivity index (χ0) is 34.0. The van der Waals surface area contributed by atoms with Gasteiger partial charge in [-0.2, -0.15) is 13.2 Å². The highest BCUT2D eigenvalue weighted by Gasteiger charge is 2.37. The Morgan fingerprint density at radius 2 is 1.65 bits per heavy atom. The lowest BCUT2D eigenvalue weighted by molar-refractivity contribution is -0.137. The monoisotopic (exact) mass is 753 g/mol. The van der Waals surface area contributed by atoms with Gasteiger partial charge in [-0.3, -0.25) is 4.79 Å². The number of nitrogens with one attached hydrogen (secondary N) is 3. The van der Waals surface area contributed by atoms with Crippen LogP contribution in [0.15, 0.2) is 27.4 Å². The van der Waals surface area contributed by atoms with E-state index in [0.29, 0.717) is 57.4 Å². The highest BCUT2D eigenvalue weighted by molar-refractivity contribution is 9.10. The summed E-state index contributed by atoms with van der Waals surface area (Å²) in [6, 6.07) is 0.774. The summed E-state index contributed by atoms with van der Waals surface area (Å²) in [7, 11) is 0. The summed E-state index contributed by atoms with van der Waals surface area (Å²) < 4.78 is 41.5. The summed E-state index contributed by atoms with van der Waals surface area (Å²) in [4.78, 5) is 45.9. The molecule has 5 amide bonds. The van der Waals surface area contributed by atoms with Gasteiger partial charge in [-0.05, 0) is 114 Å². The van der Waals surface area contributed by atoms with Crippen LogP contribution in [0.2, 0.25) is 0 Å². The molecule has 5 N–H and O–H groups in total. The van der Waals surface area contributed by atoms with Gasteiger partial charge >= 0.3 is 18.2 Å². The first-order valence-electron chi connectivity index (χ1n) is 16.8. The van der Waals surface area contributed by atoms with Crippen molar-refractivity contribution in [3.05, 3.63) is 44.1 Å². The largest absolute Gasteiger partial charge is 0.418 e. The number of piperidine rings is 3. The lowest BCUT2D eigenvalue weighted by atomic mass is 9.79. The number of halogens is 4. The average molecular weight is 755 g/mol. The molecule has 5 heterocycles. The van der Waals surface area contributed by atoms with Crippen LogP contribution >= 0.6 is 27.3 Å². The zero-order valence-electron chi connectivity index (χ0n) is 26.8. The number of hydrogen-bond donors (Lipinski definition) is 4. The molecule has 3 saturated heterocycles. The number of nitrogen functional groups attached to an aromatic ring is 1. The van der Waals surface area contributed by atoms with Gasteiger partial charge in [0, 0.05) is 55.0 Å². The number of rotatable bonds is 6. The lowest BCUT2D eigenvalue weighted by Crippen LogP contribution is -2.57. The molecule has 10 nitrogen and oxygen atoms in total. The zero-order valence-corrected chi connectivity index (χ0v) is 29.2. The fraction of sp³-hybridized carbons (Fsp3) is 0.606. The van der Waals surface area contributed by atoms with Crippen LogP contribution in [0, 0.1) is 11.8 Å². The van der Waals surface area contributed by atoms with Crippen LogP contribution in [0.3, 0.4) is 0 Å². The molecule has 262 valence electrons. The van der Waals surface area contributed by atoms with Gasteiger partial charge in [0.15, 0.2) is 0 Å². The molecule has 3 fully saturated rings. The summed E-state index contributed by atoms with van der Waals surface area (Å²) >= 11 is 4.71. The Bertz CT molecular complexity index is 1490. The number of benzene rings is 1. The number of anilines is 2. The minimum Gasteiger partial charge on any atom is -0.397 e. The molecule has 4 aliphatic rings. The van der Waals surface area contributed by atoms with Gasteiger partial charge < -0.3 is 36.4 Å². The van der Waals surface area contributed by atoms with E-state index in [1.807, 2.05) is 15.7 Å². The van der Waals surface area contributed by atoms with Gasteiger partial charge in [0.05, 0.1) is 16.9 Å². The first-order valence-corrected chi connectivity index (χ1v) is 18.5. The van der Waals surface area contributed by atoms with E-state index in [2.05, 4.69) is 31.9 Å². The highest BCUT2D eigenvalue weighted by atomic mass is 79.9. The second-order valence-corrected chi connectivity index (χ2v) is 15.0. The van der Waals surface area contributed by atoms with Gasteiger partial charge in [-0.15, -0.1) is 11.3 Å². The molecule has 1 atom stereocenters. The summed E-state index contributed by atoms with van der Waals surface area (Å²) in [5, 5.41) is 13.3. The Hall–Kier alpha value is -3.04. The summed E-state index contributed by atoms with van der Waals surface area (Å²) in [5.74, 6) is 0.867. The minimum atomic E-state index is -4.68. The number of nitrogens with zero attached hydrogens (tertiary/aromatic N) is 3. The molecule has 48 heavy (non-hydrogen) atoms. The van der Waals surface area contributed by atoms with Crippen molar-refractivity contribution in [3.63, 3.8) is 0 Å². The summed E-state index contributed by atoms with van der Waals surface area (Å²) in [6.45, 7) is 4.48. The molecule has 0 aliphatic carbocycles. The van der Waals surface area contributed by atoms with Crippen molar-refractivity contribution in [2.45, 2.75) is 69.6 Å². The van der Waals surface area contributed by atoms with Crippen molar-refractivity contribution in [1.82, 2.24) is 25.3 Å². The summed E-state index contributed by atoms with van der Waals surface area (Å²) in [6.07, 6.45) is 1.11. The Kier molecular flexibility index (Phi) is 10.8. The number of likely N-dealkylation sites (tertiary alicyclic amines) is 2. The van der Waals surface area contributed by atoms with E-state index in [1.54, 1.807) is 21.1 Å². The van der Waals surface area contributed by atoms with E-state index in [4.69, 9.17) is 5.73 Å². The van der Waals surface area contributed by atoms with Crippen LogP contribution in [0.1, 0.15) is 55.2 Å². The van der Waals surface area contributed by atoms with Crippen molar-refractivity contribution in [2.75, 3.05) is 56.9 Å². The normalized spacial score (nSPS) is 21.0. The van der Waals surface area contributed by atoms with Gasteiger partial charge in [0.1, 0.15) is 6.04 Å². The van der Waals surface area contributed by atoms with Crippen LogP contribution < -0.4 is 21.7 Å². The van der Waals surface area contributed by atoms with Crippen LogP contribution in [0.5, 0.6) is 0 Å². The maximum absolute atomic E-state index is 14.0. The van der Waals surface area contributed by atoms with Crippen molar-refractivity contribution in [1.29, 1.82) is 0 Å². The number of fused-ring (bicyclic) bond motifs is 1. The molecule has 0 bridgehead atoms. The molecule has 15 heteroatoms. The van der Waals surface area contributed by atoms with E-state index < -0.39 is 29.5 Å². The minimum absolute atomic E-state index is 0.0340. The Morgan fingerprint density at radius 3 is 2.33 bits per heavy atom. The topological polar surface area (TPSA) is 123 Å². The molecule has 1 aromatic carbocycles. The number of nitrogens with two attached hydrogens (primary N) is 1. The molecule has 0 unspecified atom stereocenters. The lowest BCUT2D eigenvalue weighted by Gasteiger charge is -2.40. The van der Waals surface area contributed by atoms with Gasteiger partial charge in [-0.25, -0.2) is 9.59 Å². The number of amides is 5. The Balaban J connectivity index is 1.12. The third kappa shape index (κ3) is 7.88. The molecule has 1 aromatic heterocycles. The van der Waals surface area contributed by atoms with Gasteiger partial charge in [0.2, 0.25) is 5.91 Å². The molecule has 0 spiro atoms. The van der Waals surface area contributed by atoms with Crippen LogP contribution in [0.4, 0.5) is 34.1 Å². The second-order valence-electron chi connectivity index (χ2n) is 13.4. The van der Waals surface area contributed by atoms with Gasteiger partial charge in [-0.1, -0.05) is 0 Å². The SMILES string of the molecule is Nc1c(Br)cc(C[C@@H](NC(=O)N2CCC(N3CCc4cscc4NC3=O)CC2)C(=O)N2CCC(C3CCNCC3)CC2)cc1C(F)(F)F. The standard InChI is InChI=1S/C33H43BrF3N7O3S/c34-26-16-20(15-25(29(26)38)33(35,36)37)17-27(30(45)42-10-3-22(4-11-42)21-1-8-39-9-2-21)40-31(46)43-12-6-24(7-13-43)44-14-5-23-18-48-19-28(23)41-32(44)47/h15-16,18-19,21-22,24,27,39H,1-14,17,38H2,(H,40,46)(H,41,47)/t27-/m1/s1. The van der Waals surface area contributed by atoms with Crippen molar-refractivity contribution in [2.24, 2.45) is 11.8 Å². The fourth-order valence-electron chi connectivity index (χ4n) is 7.71. The molecule has 6 rings (SSSR count). The van der Waals surface area contributed by atoms with Crippen molar-refractivity contribution < 1.29 is 27.6 Å². The summed E-state index contributed by atoms with van der Waals surface area (Å²) in [5.41, 5.74) is 6.55. The van der Waals surface area contributed by atoms with E-state index in [-0.39, 0.29) is 34.4 Å². The highest BCUT2D eigenvalue weighted by Crippen LogP contribution is 2.38. The van der Waals surface area contributed by atoms with Crippen LogP contribution in [-0.2, 0) is 23.8 Å². The number of alkyl halides is 3. The van der Waals surface area contributed by atoms with E-state index in [0.717, 1.165) is 62.5 Å². The molecule has 0 saturated carbocycles. The molecular weight excluding hydrogens is 711 g/mol. The van der Waals surface area contributed by atoms with Crippen molar-refractivity contribution in [3.8, 4) is 0 Å². The smallest absolute Gasteiger partial charge is 0.397 e. The number of carbonyl (C=O) groups is 3. The van der Waals surface area contributed by atoms with E-state index >= 15 is 0 Å². The van der Waals surface area contributed by atoms with Crippen LogP contribution in [-0.4, -0.2) is 90.6 Å². The first kappa shape index (κ1) is 34.8. The average Bonchev–Trinajstić information content (AvgIpc) is 3.45. The predicted molar refractivity (Wildman–Crippen MR) is 183 cm³/mol. The fourth-order valence-corrected chi connectivity index (χ4v) is 9.05. The van der Waals surface area contributed by atoms with Crippen molar-refractivity contribution >= 4 is 56.6 Å². The second kappa shape index (κ2) is 14.8. The maximum Gasteiger partial charge on any atom is 0.418 e. The maximum atomic E-state index is 14.0. The van der Waals surface area contributed by atoms with Crippen LogP contribution in [0.25, 0.3) is 0 Å². The Morgan fingerprint density at radius 1 is 0.979 bits per heavy atom. The van der Waals surface area contributed by atoms with Gasteiger partial charge in [0.25, 0.3) is 0 Å². The molecule has 4 aliphatic heterocycles. The third-order valence-corrected chi connectivity index (χ3v) is 11.9. The number of thiophene rings is 1. The molecule has 0 radical (unpaired) electrons. The van der Waals surface area contributed by atoms with E-state index in [1.165, 1.54) is 6.07 Å². The van der Waals surface area contributed by atoms with E-state index in [9.17, 15) is 27.6 Å². The number of urea groups is 2. The third-order valence-electron chi connectivity index (χ3n) is 10.5. The molecular formula is C33H43BrF3N7O3S.